The van der Waals surface area contributed by atoms with Crippen LogP contribution >= 0.6 is 31.9 Å². The highest BCUT2D eigenvalue weighted by molar-refractivity contribution is 9.11. The first-order valence-corrected chi connectivity index (χ1v) is 5.97. The van der Waals surface area contributed by atoms with E-state index >= 15 is 0 Å². The number of carbonyl (C=O) groups excluding carboxylic acids is 1. The van der Waals surface area contributed by atoms with E-state index in [1.807, 2.05) is 6.07 Å². The summed E-state index contributed by atoms with van der Waals surface area (Å²) in [4.78, 5) is 14.2. The third-order valence-corrected chi connectivity index (χ3v) is 2.60. The molecule has 84 valence electrons. The van der Waals surface area contributed by atoms with E-state index in [0.29, 0.717) is 12.1 Å². The first-order chi connectivity index (χ1) is 7.63. The van der Waals surface area contributed by atoms with Gasteiger partial charge in [0.1, 0.15) is 0 Å². The Morgan fingerprint density at radius 2 is 2.00 bits per heavy atom. The fourth-order valence-electron chi connectivity index (χ4n) is 1.05. The third-order valence-electron chi connectivity index (χ3n) is 1.69. The number of carbonyl (C=O) groups is 1. The minimum atomic E-state index is -0.199. The Balaban J connectivity index is 2.62. The molecule has 1 amide bonds. The van der Waals surface area contributed by atoms with Crippen molar-refractivity contribution in [2.45, 2.75) is 0 Å². The summed E-state index contributed by atoms with van der Waals surface area (Å²) in [6.45, 7) is 0.574. The molecule has 0 aliphatic heterocycles. The van der Waals surface area contributed by atoms with Gasteiger partial charge in [-0.25, -0.2) is 0 Å². The summed E-state index contributed by atoms with van der Waals surface area (Å²) in [5.41, 5.74) is 8.60. The van der Waals surface area contributed by atoms with Gasteiger partial charge in [-0.3, -0.25) is 4.79 Å². The highest BCUT2D eigenvalue weighted by Crippen LogP contribution is 2.19. The maximum atomic E-state index is 11.6. The van der Waals surface area contributed by atoms with E-state index in [1.54, 1.807) is 12.1 Å². The molecule has 0 bridgehead atoms. The maximum absolute atomic E-state index is 11.6. The Morgan fingerprint density at radius 3 is 2.56 bits per heavy atom. The highest BCUT2D eigenvalue weighted by atomic mass is 79.9. The van der Waals surface area contributed by atoms with Gasteiger partial charge < -0.3 is 5.32 Å². The SMILES string of the molecule is [N-]=[N+]=NCCNC(=O)c1cc(Br)cc(Br)c1. The Hall–Kier alpha value is -1.04. The number of benzene rings is 1. The van der Waals surface area contributed by atoms with Crippen molar-refractivity contribution in [1.29, 1.82) is 0 Å². The van der Waals surface area contributed by atoms with E-state index in [2.05, 4.69) is 47.2 Å². The van der Waals surface area contributed by atoms with Crippen molar-refractivity contribution in [2.24, 2.45) is 5.11 Å². The van der Waals surface area contributed by atoms with E-state index in [-0.39, 0.29) is 12.5 Å². The lowest BCUT2D eigenvalue weighted by Gasteiger charge is -2.04. The number of amides is 1. The monoisotopic (exact) mass is 346 g/mol. The van der Waals surface area contributed by atoms with Gasteiger partial charge in [-0.1, -0.05) is 37.0 Å². The molecule has 1 aromatic rings. The van der Waals surface area contributed by atoms with Gasteiger partial charge in [0, 0.05) is 32.5 Å². The first kappa shape index (κ1) is 13.0. The molecule has 5 nitrogen and oxygen atoms in total. The topological polar surface area (TPSA) is 77.9 Å². The molecule has 0 saturated heterocycles. The number of hydrogen-bond donors (Lipinski definition) is 1. The second kappa shape index (κ2) is 6.52. The molecule has 0 aliphatic rings. The van der Waals surface area contributed by atoms with Crippen molar-refractivity contribution in [3.63, 3.8) is 0 Å². The Labute approximate surface area is 109 Å². The van der Waals surface area contributed by atoms with Crippen LogP contribution < -0.4 is 5.32 Å². The largest absolute Gasteiger partial charge is 0.352 e. The predicted octanol–water partition coefficient (Wildman–Crippen LogP) is 3.25. The van der Waals surface area contributed by atoms with Crippen molar-refractivity contribution in [2.75, 3.05) is 13.1 Å². The fraction of sp³-hybridized carbons (Fsp3) is 0.222. The predicted molar refractivity (Wildman–Crippen MR) is 68.2 cm³/mol. The van der Waals surface area contributed by atoms with E-state index < -0.39 is 0 Å². The lowest BCUT2D eigenvalue weighted by Crippen LogP contribution is -2.25. The molecule has 0 aliphatic carbocycles. The minimum Gasteiger partial charge on any atom is -0.352 e. The molecule has 0 saturated carbocycles. The average Bonchev–Trinajstić information content (AvgIpc) is 2.22. The molecule has 7 heteroatoms. The first-order valence-electron chi connectivity index (χ1n) is 4.38. The Kier molecular flexibility index (Phi) is 5.31. The summed E-state index contributed by atoms with van der Waals surface area (Å²) >= 11 is 6.60. The number of hydrogen-bond acceptors (Lipinski definition) is 2. The van der Waals surface area contributed by atoms with Gasteiger partial charge in [0.2, 0.25) is 0 Å². The molecule has 1 N–H and O–H groups in total. The molecule has 0 unspecified atom stereocenters. The normalized spacial score (nSPS) is 9.38. The Morgan fingerprint density at radius 1 is 1.38 bits per heavy atom. The quantitative estimate of drug-likeness (QED) is 0.386. The van der Waals surface area contributed by atoms with Gasteiger partial charge in [0.25, 0.3) is 5.91 Å². The van der Waals surface area contributed by atoms with Crippen LogP contribution in [0, 0.1) is 0 Å². The molecule has 1 aromatic carbocycles. The molecule has 0 spiro atoms. The molecular formula is C9H8Br2N4O. The Bertz CT molecular complexity index is 423. The number of azide groups is 1. The highest BCUT2D eigenvalue weighted by Gasteiger charge is 2.06. The molecule has 0 aromatic heterocycles. The van der Waals surface area contributed by atoms with Gasteiger partial charge in [0.05, 0.1) is 0 Å². The average molecular weight is 348 g/mol. The summed E-state index contributed by atoms with van der Waals surface area (Å²) in [7, 11) is 0. The molecule has 0 radical (unpaired) electrons. The van der Waals surface area contributed by atoms with Crippen molar-refractivity contribution in [1.82, 2.24) is 5.32 Å². The van der Waals surface area contributed by atoms with Crippen LogP contribution in [0.25, 0.3) is 10.4 Å². The molecule has 1 rings (SSSR count). The van der Waals surface area contributed by atoms with Gasteiger partial charge in [-0.05, 0) is 23.7 Å². The van der Waals surface area contributed by atoms with Gasteiger partial charge in [-0.15, -0.1) is 0 Å². The zero-order chi connectivity index (χ0) is 12.0. The van der Waals surface area contributed by atoms with Crippen LogP contribution in [0.4, 0.5) is 0 Å². The van der Waals surface area contributed by atoms with Crippen LogP contribution in [-0.4, -0.2) is 19.0 Å². The fourth-order valence-corrected chi connectivity index (χ4v) is 2.34. The van der Waals surface area contributed by atoms with Crippen LogP contribution in [-0.2, 0) is 0 Å². The van der Waals surface area contributed by atoms with Crippen LogP contribution in [0.15, 0.2) is 32.3 Å². The second-order valence-electron chi connectivity index (χ2n) is 2.87. The number of rotatable bonds is 4. The molecule has 0 atom stereocenters. The maximum Gasteiger partial charge on any atom is 0.251 e. The van der Waals surface area contributed by atoms with Gasteiger partial charge in [-0.2, -0.15) is 0 Å². The molecular weight excluding hydrogens is 340 g/mol. The van der Waals surface area contributed by atoms with E-state index in [0.717, 1.165) is 8.95 Å². The molecule has 16 heavy (non-hydrogen) atoms. The lowest BCUT2D eigenvalue weighted by atomic mass is 10.2. The van der Waals surface area contributed by atoms with Crippen LogP contribution in [0.2, 0.25) is 0 Å². The summed E-state index contributed by atoms with van der Waals surface area (Å²) in [6.07, 6.45) is 0. The van der Waals surface area contributed by atoms with Crippen molar-refractivity contribution in [3.8, 4) is 0 Å². The van der Waals surface area contributed by atoms with Crippen molar-refractivity contribution < 1.29 is 4.79 Å². The lowest BCUT2D eigenvalue weighted by molar-refractivity contribution is 0.0954. The van der Waals surface area contributed by atoms with Crippen molar-refractivity contribution in [3.05, 3.63) is 43.2 Å². The van der Waals surface area contributed by atoms with E-state index in [1.165, 1.54) is 0 Å². The molecule has 0 fully saturated rings. The van der Waals surface area contributed by atoms with Gasteiger partial charge >= 0.3 is 0 Å². The number of halogens is 2. The number of nitrogens with zero attached hydrogens (tertiary/aromatic N) is 3. The van der Waals surface area contributed by atoms with Crippen LogP contribution in [0.3, 0.4) is 0 Å². The standard InChI is InChI=1S/C9H8Br2N4O/c10-7-3-6(4-8(11)5-7)9(16)13-1-2-14-15-12/h3-5H,1-2H2,(H,13,16). The zero-order valence-electron chi connectivity index (χ0n) is 8.15. The van der Waals surface area contributed by atoms with Crippen molar-refractivity contribution >= 4 is 37.8 Å². The van der Waals surface area contributed by atoms with Crippen LogP contribution in [0.1, 0.15) is 10.4 Å². The van der Waals surface area contributed by atoms with E-state index in [9.17, 15) is 4.79 Å². The van der Waals surface area contributed by atoms with Crippen LogP contribution in [0.5, 0.6) is 0 Å². The third kappa shape index (κ3) is 4.22. The second-order valence-corrected chi connectivity index (χ2v) is 4.70. The summed E-state index contributed by atoms with van der Waals surface area (Å²) in [5, 5.41) is 5.96. The van der Waals surface area contributed by atoms with E-state index in [4.69, 9.17) is 5.53 Å². The van der Waals surface area contributed by atoms with Gasteiger partial charge in [0.15, 0.2) is 0 Å². The molecule has 0 heterocycles. The smallest absolute Gasteiger partial charge is 0.251 e. The summed E-state index contributed by atoms with van der Waals surface area (Å²) in [5.74, 6) is -0.199. The summed E-state index contributed by atoms with van der Waals surface area (Å²) < 4.78 is 1.64. The number of nitrogens with one attached hydrogen (secondary N) is 1. The summed E-state index contributed by atoms with van der Waals surface area (Å²) in [6, 6.07) is 5.28. The zero-order valence-corrected chi connectivity index (χ0v) is 11.3. The minimum absolute atomic E-state index is 0.199.